The number of nitrogens with zero attached hydrogens (tertiary/aromatic N) is 4. The summed E-state index contributed by atoms with van der Waals surface area (Å²) in [5.41, 5.74) is 2.38. The van der Waals surface area contributed by atoms with Gasteiger partial charge in [0.25, 0.3) is 0 Å². The average Bonchev–Trinajstić information content (AvgIpc) is 3.16. The number of aliphatic hydroxyl groups excluding tert-OH is 1. The van der Waals surface area contributed by atoms with Crippen LogP contribution in [0.25, 0.3) is 0 Å². The van der Waals surface area contributed by atoms with Crippen molar-refractivity contribution in [3.05, 3.63) is 77.7 Å². The Kier molecular flexibility index (Phi) is 5.22. The maximum atomic E-state index is 12.5. The molecule has 1 N–H and O–H groups in total. The van der Waals surface area contributed by atoms with Crippen molar-refractivity contribution >= 4 is 17.7 Å². The predicted molar refractivity (Wildman–Crippen MR) is 103 cm³/mol. The highest BCUT2D eigenvalue weighted by Crippen LogP contribution is 2.24. The Morgan fingerprint density at radius 2 is 1.96 bits per heavy atom. The number of fused-ring (bicyclic) bond motifs is 1. The zero-order chi connectivity index (χ0) is 18.6. The smallest absolute Gasteiger partial charge is 0.233 e. The zero-order valence-corrected chi connectivity index (χ0v) is 15.5. The summed E-state index contributed by atoms with van der Waals surface area (Å²) in [5, 5.41) is 15.9. The van der Waals surface area contributed by atoms with Gasteiger partial charge in [0.1, 0.15) is 6.10 Å². The Hall–Kier alpha value is -2.64. The molecule has 0 saturated heterocycles. The fourth-order valence-electron chi connectivity index (χ4n) is 3.10. The van der Waals surface area contributed by atoms with E-state index in [1.54, 1.807) is 6.20 Å². The molecule has 0 fully saturated rings. The summed E-state index contributed by atoms with van der Waals surface area (Å²) < 4.78 is 1.89. The van der Waals surface area contributed by atoms with Crippen molar-refractivity contribution in [2.45, 2.75) is 24.2 Å². The van der Waals surface area contributed by atoms with Gasteiger partial charge in [-0.1, -0.05) is 48.2 Å². The summed E-state index contributed by atoms with van der Waals surface area (Å²) in [4.78, 5) is 18.6. The first kappa shape index (κ1) is 17.8. The van der Waals surface area contributed by atoms with E-state index in [2.05, 4.69) is 10.1 Å². The van der Waals surface area contributed by atoms with E-state index >= 15 is 0 Å². The number of carbonyl (C=O) groups is 1. The lowest BCUT2D eigenvalue weighted by Crippen LogP contribution is -2.39. The summed E-state index contributed by atoms with van der Waals surface area (Å²) in [6.45, 7) is 1.77. The van der Waals surface area contributed by atoms with Gasteiger partial charge in [-0.2, -0.15) is 5.10 Å². The topological polar surface area (TPSA) is 71.2 Å². The van der Waals surface area contributed by atoms with Gasteiger partial charge in [-0.3, -0.25) is 9.48 Å². The lowest BCUT2D eigenvalue weighted by atomic mass is 10.1. The quantitative estimate of drug-likeness (QED) is 0.689. The van der Waals surface area contributed by atoms with Gasteiger partial charge in [0, 0.05) is 12.7 Å². The van der Waals surface area contributed by atoms with Gasteiger partial charge >= 0.3 is 0 Å². The molecule has 2 aromatic heterocycles. The van der Waals surface area contributed by atoms with Crippen molar-refractivity contribution in [3.63, 3.8) is 0 Å². The van der Waals surface area contributed by atoms with Gasteiger partial charge in [-0.15, -0.1) is 0 Å². The molecule has 0 saturated carbocycles. The van der Waals surface area contributed by atoms with Crippen LogP contribution >= 0.6 is 11.8 Å². The third kappa shape index (κ3) is 4.04. The predicted octanol–water partition coefficient (Wildman–Crippen LogP) is 2.49. The Bertz CT molecular complexity index is 914. The number of pyridine rings is 1. The van der Waals surface area contributed by atoms with Crippen LogP contribution in [0.1, 0.15) is 23.1 Å². The van der Waals surface area contributed by atoms with Crippen LogP contribution in [0.3, 0.4) is 0 Å². The fraction of sp³-hybridized carbons (Fsp3) is 0.250. The number of amides is 1. The first-order chi connectivity index (χ1) is 13.2. The molecular formula is C20H20N4O2S. The molecule has 0 spiro atoms. The van der Waals surface area contributed by atoms with Crippen molar-refractivity contribution < 1.29 is 9.90 Å². The largest absolute Gasteiger partial charge is 0.382 e. The van der Waals surface area contributed by atoms with Crippen LogP contribution in [0.4, 0.5) is 0 Å². The minimum atomic E-state index is -0.756. The van der Waals surface area contributed by atoms with Crippen LogP contribution in [-0.4, -0.2) is 43.0 Å². The Labute approximate surface area is 161 Å². The molecule has 4 rings (SSSR count). The summed E-state index contributed by atoms with van der Waals surface area (Å²) in [6.07, 6.45) is 0.972. The standard InChI is InChI=1S/C20H20N4O2S/c25-19(14-27-18-8-4-5-9-21-18)23-10-11-24-16(13-23)12-17(22-24)20(26)15-6-2-1-3-7-15/h1-9,12,20,26H,10-11,13-14H2/t20-/m1/s1. The maximum Gasteiger partial charge on any atom is 0.233 e. The van der Waals surface area contributed by atoms with E-state index in [1.165, 1.54) is 11.8 Å². The zero-order valence-electron chi connectivity index (χ0n) is 14.7. The minimum absolute atomic E-state index is 0.0864. The SMILES string of the molecule is O=C(CSc1ccccn1)N1CCn2nc([C@H](O)c3ccccc3)cc2C1. The third-order valence-corrected chi connectivity index (χ3v) is 5.47. The monoisotopic (exact) mass is 380 g/mol. The second kappa shape index (κ2) is 7.94. The first-order valence-electron chi connectivity index (χ1n) is 8.82. The molecule has 1 aliphatic rings. The summed E-state index contributed by atoms with van der Waals surface area (Å²) in [7, 11) is 0. The van der Waals surface area contributed by atoms with E-state index in [0.717, 1.165) is 16.3 Å². The third-order valence-electron chi connectivity index (χ3n) is 4.55. The lowest BCUT2D eigenvalue weighted by molar-refractivity contribution is -0.129. The molecule has 0 aliphatic carbocycles. The van der Waals surface area contributed by atoms with Gasteiger partial charge < -0.3 is 10.0 Å². The number of aliphatic hydroxyl groups is 1. The van der Waals surface area contributed by atoms with E-state index in [9.17, 15) is 9.90 Å². The van der Waals surface area contributed by atoms with E-state index < -0.39 is 6.10 Å². The number of hydrogen-bond donors (Lipinski definition) is 1. The Balaban J connectivity index is 1.41. The van der Waals surface area contributed by atoms with E-state index in [0.29, 0.717) is 31.1 Å². The van der Waals surface area contributed by atoms with E-state index in [4.69, 9.17) is 0 Å². The van der Waals surface area contributed by atoms with Crippen LogP contribution in [-0.2, 0) is 17.9 Å². The van der Waals surface area contributed by atoms with Crippen molar-refractivity contribution in [2.24, 2.45) is 0 Å². The molecule has 0 radical (unpaired) electrons. The van der Waals surface area contributed by atoms with Crippen LogP contribution < -0.4 is 0 Å². The highest BCUT2D eigenvalue weighted by atomic mass is 32.2. The molecule has 3 heterocycles. The van der Waals surface area contributed by atoms with Gasteiger partial charge in [0.05, 0.1) is 35.3 Å². The highest BCUT2D eigenvalue weighted by molar-refractivity contribution is 7.99. The van der Waals surface area contributed by atoms with Gasteiger partial charge in [0.15, 0.2) is 0 Å². The molecular weight excluding hydrogens is 360 g/mol. The van der Waals surface area contributed by atoms with Gasteiger partial charge in [-0.25, -0.2) is 4.98 Å². The van der Waals surface area contributed by atoms with Gasteiger partial charge in [-0.05, 0) is 23.8 Å². The maximum absolute atomic E-state index is 12.5. The molecule has 6 nitrogen and oxygen atoms in total. The average molecular weight is 380 g/mol. The number of benzene rings is 1. The number of carbonyl (C=O) groups excluding carboxylic acids is 1. The minimum Gasteiger partial charge on any atom is -0.382 e. The van der Waals surface area contributed by atoms with Crippen molar-refractivity contribution in [3.8, 4) is 0 Å². The molecule has 27 heavy (non-hydrogen) atoms. The molecule has 0 unspecified atom stereocenters. The highest BCUT2D eigenvalue weighted by Gasteiger charge is 2.24. The number of hydrogen-bond acceptors (Lipinski definition) is 5. The van der Waals surface area contributed by atoms with Crippen molar-refractivity contribution in [2.75, 3.05) is 12.3 Å². The molecule has 1 aromatic carbocycles. The van der Waals surface area contributed by atoms with Crippen LogP contribution in [0.15, 0.2) is 65.8 Å². The first-order valence-corrected chi connectivity index (χ1v) is 9.80. The van der Waals surface area contributed by atoms with E-state index in [1.807, 2.05) is 64.2 Å². The lowest BCUT2D eigenvalue weighted by Gasteiger charge is -2.27. The van der Waals surface area contributed by atoms with Crippen LogP contribution in [0.5, 0.6) is 0 Å². The van der Waals surface area contributed by atoms with Crippen molar-refractivity contribution in [1.82, 2.24) is 19.7 Å². The van der Waals surface area contributed by atoms with Crippen molar-refractivity contribution in [1.29, 1.82) is 0 Å². The van der Waals surface area contributed by atoms with Gasteiger partial charge in [0.2, 0.25) is 5.91 Å². The Morgan fingerprint density at radius 3 is 2.74 bits per heavy atom. The summed E-state index contributed by atoms with van der Waals surface area (Å²) in [6, 6.07) is 17.0. The molecule has 0 bridgehead atoms. The normalized spacial score (nSPS) is 14.6. The molecule has 3 aromatic rings. The second-order valence-electron chi connectivity index (χ2n) is 6.37. The molecule has 1 atom stereocenters. The Morgan fingerprint density at radius 1 is 1.15 bits per heavy atom. The fourth-order valence-corrected chi connectivity index (χ4v) is 3.86. The number of rotatable bonds is 5. The summed E-state index contributed by atoms with van der Waals surface area (Å²) >= 11 is 1.45. The van der Waals surface area contributed by atoms with Crippen LogP contribution in [0.2, 0.25) is 0 Å². The molecule has 7 heteroatoms. The molecule has 138 valence electrons. The number of thioether (sulfide) groups is 1. The second-order valence-corrected chi connectivity index (χ2v) is 7.36. The van der Waals surface area contributed by atoms with Crippen LogP contribution in [0, 0.1) is 0 Å². The summed E-state index contributed by atoms with van der Waals surface area (Å²) in [5.74, 6) is 0.452. The number of aromatic nitrogens is 3. The van der Waals surface area contributed by atoms with E-state index in [-0.39, 0.29) is 5.91 Å². The molecule has 1 amide bonds. The molecule has 1 aliphatic heterocycles.